The number of anilines is 2. The molecular weight excluding hydrogens is 388 g/mol. The number of hydrogen-bond donors (Lipinski definition) is 1. The first-order chi connectivity index (χ1) is 14.5. The Morgan fingerprint density at radius 2 is 1.97 bits per heavy atom. The van der Waals surface area contributed by atoms with Crippen LogP contribution in [0, 0.1) is 5.92 Å². The van der Waals surface area contributed by atoms with Gasteiger partial charge in [-0.15, -0.1) is 0 Å². The quantitative estimate of drug-likeness (QED) is 0.670. The normalized spacial score (nSPS) is 15.6. The number of carbonyl (C=O) groups excluding carboxylic acids is 3. The molecule has 1 aliphatic rings. The van der Waals surface area contributed by atoms with Crippen LogP contribution in [-0.4, -0.2) is 44.7 Å². The minimum Gasteiger partial charge on any atom is -0.497 e. The minimum atomic E-state index is -0.642. The fourth-order valence-corrected chi connectivity index (χ4v) is 3.21. The molecule has 0 aromatic heterocycles. The zero-order valence-electron chi connectivity index (χ0n) is 16.9. The highest BCUT2D eigenvalue weighted by Crippen LogP contribution is 2.33. The molecule has 2 aromatic carbocycles. The molecule has 1 fully saturated rings. The van der Waals surface area contributed by atoms with Crippen LogP contribution in [0.15, 0.2) is 48.5 Å². The summed E-state index contributed by atoms with van der Waals surface area (Å²) in [7, 11) is 1.53. The number of rotatable bonds is 8. The van der Waals surface area contributed by atoms with Crippen LogP contribution in [0.5, 0.6) is 11.5 Å². The average molecular weight is 412 g/mol. The molecule has 1 aliphatic heterocycles. The largest absolute Gasteiger partial charge is 0.497 e. The summed E-state index contributed by atoms with van der Waals surface area (Å²) in [6.45, 7) is 2.07. The molecule has 8 heteroatoms. The highest BCUT2D eigenvalue weighted by atomic mass is 16.5. The van der Waals surface area contributed by atoms with Gasteiger partial charge in [-0.2, -0.15) is 0 Å². The van der Waals surface area contributed by atoms with Crippen LogP contribution < -0.4 is 19.7 Å². The van der Waals surface area contributed by atoms with Crippen molar-refractivity contribution in [1.82, 2.24) is 0 Å². The van der Waals surface area contributed by atoms with Gasteiger partial charge in [0.1, 0.15) is 11.5 Å². The Labute approximate surface area is 174 Å². The van der Waals surface area contributed by atoms with E-state index in [1.165, 1.54) is 12.0 Å². The number of para-hydroxylation sites is 2. The molecule has 2 aromatic rings. The number of hydrogen-bond acceptors (Lipinski definition) is 6. The molecule has 3 rings (SSSR count). The molecule has 158 valence electrons. The van der Waals surface area contributed by atoms with Gasteiger partial charge in [0.25, 0.3) is 5.91 Å². The van der Waals surface area contributed by atoms with Gasteiger partial charge in [0, 0.05) is 24.7 Å². The third-order valence-electron chi connectivity index (χ3n) is 4.61. The number of nitrogens with one attached hydrogen (secondary N) is 1. The van der Waals surface area contributed by atoms with Crippen molar-refractivity contribution in [3.05, 3.63) is 48.5 Å². The van der Waals surface area contributed by atoms with Crippen LogP contribution in [0.1, 0.15) is 13.3 Å². The highest BCUT2D eigenvalue weighted by molar-refractivity contribution is 6.01. The Bertz CT molecular complexity index is 929. The second-order valence-corrected chi connectivity index (χ2v) is 6.69. The molecule has 8 nitrogen and oxygen atoms in total. The number of benzene rings is 2. The molecule has 1 atom stereocenters. The summed E-state index contributed by atoms with van der Waals surface area (Å²) in [5.74, 6) is -0.705. The van der Waals surface area contributed by atoms with Gasteiger partial charge < -0.3 is 24.4 Å². The molecule has 2 amide bonds. The van der Waals surface area contributed by atoms with Crippen molar-refractivity contribution in [2.75, 3.05) is 37.1 Å². The van der Waals surface area contributed by atoms with E-state index in [1.54, 1.807) is 42.5 Å². The van der Waals surface area contributed by atoms with E-state index in [-0.39, 0.29) is 18.9 Å². The minimum absolute atomic E-state index is 0.0246. The number of carbonyl (C=O) groups is 3. The topological polar surface area (TPSA) is 94.2 Å². The van der Waals surface area contributed by atoms with Gasteiger partial charge in [-0.05, 0) is 31.2 Å². The van der Waals surface area contributed by atoms with Crippen LogP contribution in [0.4, 0.5) is 11.4 Å². The Hall–Kier alpha value is -3.55. The third-order valence-corrected chi connectivity index (χ3v) is 4.61. The van der Waals surface area contributed by atoms with E-state index in [1.807, 2.05) is 13.0 Å². The summed E-state index contributed by atoms with van der Waals surface area (Å²) in [5.41, 5.74) is 1.15. The van der Waals surface area contributed by atoms with Crippen LogP contribution in [0.3, 0.4) is 0 Å². The predicted molar refractivity (Wildman–Crippen MR) is 111 cm³/mol. The molecule has 1 heterocycles. The van der Waals surface area contributed by atoms with Gasteiger partial charge in [0.15, 0.2) is 6.61 Å². The third kappa shape index (κ3) is 5.08. The van der Waals surface area contributed by atoms with E-state index < -0.39 is 24.4 Å². The van der Waals surface area contributed by atoms with Gasteiger partial charge in [-0.3, -0.25) is 14.4 Å². The van der Waals surface area contributed by atoms with Crippen LogP contribution in [0.25, 0.3) is 0 Å². The van der Waals surface area contributed by atoms with Gasteiger partial charge in [-0.1, -0.05) is 18.2 Å². The standard InChI is InChI=1S/C22H24N2O6/c1-3-29-19-10-5-4-9-18(19)24-13-15(11-21(24)26)22(27)30-14-20(25)23-16-7-6-8-17(12-16)28-2/h4-10,12,15H,3,11,13-14H2,1-2H3,(H,23,25)/t15-/m0/s1. The zero-order valence-corrected chi connectivity index (χ0v) is 16.9. The maximum Gasteiger partial charge on any atom is 0.311 e. The molecule has 30 heavy (non-hydrogen) atoms. The lowest BCUT2D eigenvalue weighted by Crippen LogP contribution is -2.28. The van der Waals surface area contributed by atoms with Gasteiger partial charge in [-0.25, -0.2) is 0 Å². The lowest BCUT2D eigenvalue weighted by molar-refractivity contribution is -0.151. The van der Waals surface area contributed by atoms with Crippen LogP contribution >= 0.6 is 0 Å². The molecule has 0 radical (unpaired) electrons. The molecule has 0 spiro atoms. The summed E-state index contributed by atoms with van der Waals surface area (Å²) in [5, 5.41) is 2.64. The highest BCUT2D eigenvalue weighted by Gasteiger charge is 2.37. The summed E-state index contributed by atoms with van der Waals surface area (Å²) >= 11 is 0. The molecule has 0 bridgehead atoms. The maximum absolute atomic E-state index is 12.5. The molecule has 1 saturated heterocycles. The molecule has 0 unspecified atom stereocenters. The Kier molecular flexibility index (Phi) is 6.90. The van der Waals surface area contributed by atoms with Crippen LogP contribution in [0.2, 0.25) is 0 Å². The SMILES string of the molecule is CCOc1ccccc1N1C[C@@H](C(=O)OCC(=O)Nc2cccc(OC)c2)CC1=O. The predicted octanol–water partition coefficient (Wildman–Crippen LogP) is 2.63. The second-order valence-electron chi connectivity index (χ2n) is 6.69. The van der Waals surface area contributed by atoms with Gasteiger partial charge >= 0.3 is 5.97 Å². The van der Waals surface area contributed by atoms with Crippen molar-refractivity contribution in [3.63, 3.8) is 0 Å². The molecule has 0 saturated carbocycles. The number of esters is 1. The smallest absolute Gasteiger partial charge is 0.311 e. The van der Waals surface area contributed by atoms with Gasteiger partial charge in [0.2, 0.25) is 5.91 Å². The number of nitrogens with zero attached hydrogens (tertiary/aromatic N) is 1. The zero-order chi connectivity index (χ0) is 21.5. The Morgan fingerprint density at radius 3 is 2.73 bits per heavy atom. The van der Waals surface area contributed by atoms with Gasteiger partial charge in [0.05, 0.1) is 25.3 Å². The average Bonchev–Trinajstić information content (AvgIpc) is 3.14. The Morgan fingerprint density at radius 1 is 1.17 bits per heavy atom. The fraction of sp³-hybridized carbons (Fsp3) is 0.318. The lowest BCUT2D eigenvalue weighted by Gasteiger charge is -2.19. The number of methoxy groups -OCH3 is 1. The van der Waals surface area contributed by atoms with E-state index in [0.717, 1.165) is 0 Å². The maximum atomic E-state index is 12.5. The first-order valence-electron chi connectivity index (χ1n) is 9.64. The van der Waals surface area contributed by atoms with Crippen LogP contribution in [-0.2, 0) is 19.1 Å². The van der Waals surface area contributed by atoms with Crippen molar-refractivity contribution in [2.24, 2.45) is 5.92 Å². The van der Waals surface area contributed by atoms with Crippen molar-refractivity contribution in [1.29, 1.82) is 0 Å². The lowest BCUT2D eigenvalue weighted by atomic mass is 10.1. The summed E-state index contributed by atoms with van der Waals surface area (Å²) < 4.78 is 15.8. The van der Waals surface area contributed by atoms with E-state index in [9.17, 15) is 14.4 Å². The molecule has 0 aliphatic carbocycles. The Balaban J connectivity index is 1.55. The molecule has 1 N–H and O–H groups in total. The number of ether oxygens (including phenoxy) is 3. The fourth-order valence-electron chi connectivity index (χ4n) is 3.21. The first kappa shape index (κ1) is 21.2. The summed E-state index contributed by atoms with van der Waals surface area (Å²) in [6, 6.07) is 14.0. The van der Waals surface area contributed by atoms with Crippen molar-refractivity contribution < 1.29 is 28.6 Å². The van der Waals surface area contributed by atoms with Crippen molar-refractivity contribution in [3.8, 4) is 11.5 Å². The second kappa shape index (κ2) is 9.78. The molecular formula is C22H24N2O6. The first-order valence-corrected chi connectivity index (χ1v) is 9.64. The van der Waals surface area contributed by atoms with E-state index in [2.05, 4.69) is 5.32 Å². The van der Waals surface area contributed by atoms with E-state index in [4.69, 9.17) is 14.2 Å². The van der Waals surface area contributed by atoms with E-state index in [0.29, 0.717) is 29.5 Å². The summed E-state index contributed by atoms with van der Waals surface area (Å²) in [4.78, 5) is 38.5. The van der Waals surface area contributed by atoms with Crippen molar-refractivity contribution in [2.45, 2.75) is 13.3 Å². The summed E-state index contributed by atoms with van der Waals surface area (Å²) in [6.07, 6.45) is 0.0246. The monoisotopic (exact) mass is 412 g/mol. The van der Waals surface area contributed by atoms with Crippen molar-refractivity contribution >= 4 is 29.2 Å². The number of amides is 2. The van der Waals surface area contributed by atoms with E-state index >= 15 is 0 Å².